The van der Waals surface area contributed by atoms with E-state index in [2.05, 4.69) is 33.4 Å². The number of dihydropyridines is 1. The van der Waals surface area contributed by atoms with Crippen molar-refractivity contribution in [3.8, 4) is 0 Å². The highest BCUT2D eigenvalue weighted by Gasteiger charge is 2.14. The normalized spacial score (nSPS) is 18.7. The monoisotopic (exact) mass is 238 g/mol. The van der Waals surface area contributed by atoms with Crippen LogP contribution in [0.1, 0.15) is 23.6 Å². The average molecular weight is 238 g/mol. The number of nitrogens with two attached hydrogens (primary N) is 1. The highest BCUT2D eigenvalue weighted by molar-refractivity contribution is 6.11. The summed E-state index contributed by atoms with van der Waals surface area (Å²) in [7, 11) is 0. The molecule has 3 N–H and O–H groups in total. The smallest absolute Gasteiger partial charge is 0.126 e. The molecule has 18 heavy (non-hydrogen) atoms. The van der Waals surface area contributed by atoms with Crippen LogP contribution in [0.5, 0.6) is 0 Å². The number of nitrogens with zero attached hydrogens (tertiary/aromatic N) is 2. The zero-order valence-electron chi connectivity index (χ0n) is 9.88. The molecular weight excluding hydrogens is 224 g/mol. The van der Waals surface area contributed by atoms with E-state index in [1.165, 1.54) is 5.56 Å². The first-order chi connectivity index (χ1) is 8.84. The van der Waals surface area contributed by atoms with Crippen LogP contribution in [-0.2, 0) is 0 Å². The number of hydrogen-bond acceptors (Lipinski definition) is 3. The fourth-order valence-corrected chi connectivity index (χ4v) is 2.13. The average Bonchev–Trinajstić information content (AvgIpc) is 2.86. The molecule has 0 amide bonds. The van der Waals surface area contributed by atoms with Crippen LogP contribution in [0.3, 0.4) is 0 Å². The summed E-state index contributed by atoms with van der Waals surface area (Å²) in [4.78, 5) is 4.59. The van der Waals surface area contributed by atoms with Gasteiger partial charge >= 0.3 is 0 Å². The lowest BCUT2D eigenvalue weighted by Gasteiger charge is -2.15. The third-order valence-electron chi connectivity index (χ3n) is 3.12. The van der Waals surface area contributed by atoms with Gasteiger partial charge in [0.05, 0.1) is 12.2 Å². The molecule has 1 aliphatic heterocycles. The van der Waals surface area contributed by atoms with E-state index in [-0.39, 0.29) is 6.04 Å². The Morgan fingerprint density at radius 1 is 1.22 bits per heavy atom. The summed E-state index contributed by atoms with van der Waals surface area (Å²) in [5.74, 6) is 0.589. The second kappa shape index (κ2) is 4.49. The first-order valence-electron chi connectivity index (χ1n) is 5.92. The van der Waals surface area contributed by atoms with Gasteiger partial charge in [-0.25, -0.2) is 0 Å². The Morgan fingerprint density at radius 3 is 2.67 bits per heavy atom. The van der Waals surface area contributed by atoms with Crippen molar-refractivity contribution in [1.82, 2.24) is 10.2 Å². The van der Waals surface area contributed by atoms with Gasteiger partial charge in [0.2, 0.25) is 0 Å². The number of benzene rings is 1. The van der Waals surface area contributed by atoms with Gasteiger partial charge in [-0.05, 0) is 12.0 Å². The molecule has 0 saturated carbocycles. The lowest BCUT2D eigenvalue weighted by Crippen LogP contribution is -2.02. The summed E-state index contributed by atoms with van der Waals surface area (Å²) in [5.41, 5.74) is 8.99. The number of nitrogen functional groups attached to an aromatic ring is 1. The molecule has 3 rings (SSSR count). The van der Waals surface area contributed by atoms with Crippen molar-refractivity contribution in [2.45, 2.75) is 12.5 Å². The third kappa shape index (κ3) is 1.93. The lowest BCUT2D eigenvalue weighted by atomic mass is 9.98. The molecule has 4 nitrogen and oxygen atoms in total. The fourth-order valence-electron chi connectivity index (χ4n) is 2.13. The Balaban J connectivity index is 1.81. The Labute approximate surface area is 105 Å². The van der Waals surface area contributed by atoms with E-state index in [9.17, 15) is 0 Å². The number of H-pyrrole nitrogens is 1. The number of hydrogen-bond donors (Lipinski definition) is 2. The van der Waals surface area contributed by atoms with E-state index in [1.54, 1.807) is 6.20 Å². The molecule has 1 aromatic carbocycles. The van der Waals surface area contributed by atoms with Gasteiger partial charge in [-0.15, -0.1) is 0 Å². The number of rotatable bonds is 2. The summed E-state index contributed by atoms with van der Waals surface area (Å²) < 4.78 is 0. The molecule has 1 unspecified atom stereocenters. The first kappa shape index (κ1) is 10.8. The molecule has 0 saturated heterocycles. The minimum absolute atomic E-state index is 0.211. The van der Waals surface area contributed by atoms with E-state index < -0.39 is 0 Å². The van der Waals surface area contributed by atoms with E-state index in [0.717, 1.165) is 17.6 Å². The van der Waals surface area contributed by atoms with Crippen LogP contribution >= 0.6 is 0 Å². The fraction of sp³-hybridized carbons (Fsp3) is 0.143. The van der Waals surface area contributed by atoms with Crippen molar-refractivity contribution in [1.29, 1.82) is 0 Å². The zero-order valence-corrected chi connectivity index (χ0v) is 9.88. The number of aromatic nitrogens is 2. The van der Waals surface area contributed by atoms with Gasteiger partial charge < -0.3 is 5.73 Å². The topological polar surface area (TPSA) is 67.1 Å². The molecule has 0 aliphatic carbocycles. The van der Waals surface area contributed by atoms with Crippen LogP contribution < -0.4 is 5.73 Å². The number of allylic oxidation sites excluding steroid dienone is 1. The Hall–Kier alpha value is -2.36. The minimum Gasteiger partial charge on any atom is -0.384 e. The Morgan fingerprint density at radius 2 is 2.06 bits per heavy atom. The molecule has 1 aliphatic rings. The van der Waals surface area contributed by atoms with E-state index in [0.29, 0.717) is 5.82 Å². The number of nitrogens with one attached hydrogen (secondary N) is 1. The van der Waals surface area contributed by atoms with Gasteiger partial charge in [0.15, 0.2) is 0 Å². The molecule has 0 spiro atoms. The molecule has 4 heteroatoms. The first-order valence-corrected chi connectivity index (χ1v) is 5.92. The van der Waals surface area contributed by atoms with Crippen molar-refractivity contribution >= 4 is 17.6 Å². The van der Waals surface area contributed by atoms with Gasteiger partial charge in [0.25, 0.3) is 0 Å². The second-order valence-electron chi connectivity index (χ2n) is 4.30. The third-order valence-corrected chi connectivity index (χ3v) is 3.12. The maximum atomic E-state index is 5.80. The van der Waals surface area contributed by atoms with Crippen LogP contribution in [0.2, 0.25) is 0 Å². The summed E-state index contributed by atoms with van der Waals surface area (Å²) >= 11 is 0. The van der Waals surface area contributed by atoms with Gasteiger partial charge in [-0.2, -0.15) is 5.10 Å². The van der Waals surface area contributed by atoms with Crippen LogP contribution in [0.4, 0.5) is 5.82 Å². The van der Waals surface area contributed by atoms with Gasteiger partial charge in [0, 0.05) is 17.4 Å². The van der Waals surface area contributed by atoms with Gasteiger partial charge in [-0.3, -0.25) is 10.1 Å². The molecular formula is C14H14N4. The molecule has 2 heterocycles. The van der Waals surface area contributed by atoms with Crippen molar-refractivity contribution in [2.75, 3.05) is 5.73 Å². The molecule has 2 aromatic rings. The van der Waals surface area contributed by atoms with Crippen molar-refractivity contribution in [3.05, 3.63) is 53.7 Å². The largest absolute Gasteiger partial charge is 0.384 e. The molecule has 1 atom stereocenters. The maximum absolute atomic E-state index is 5.80. The van der Waals surface area contributed by atoms with Crippen molar-refractivity contribution in [2.24, 2.45) is 4.99 Å². The highest BCUT2D eigenvalue weighted by Crippen LogP contribution is 2.29. The summed E-state index contributed by atoms with van der Waals surface area (Å²) in [6.45, 7) is 0. The Kier molecular flexibility index (Phi) is 2.68. The van der Waals surface area contributed by atoms with E-state index in [1.807, 2.05) is 24.4 Å². The van der Waals surface area contributed by atoms with Gasteiger partial charge in [-0.1, -0.05) is 36.4 Å². The minimum atomic E-state index is 0.211. The van der Waals surface area contributed by atoms with E-state index in [4.69, 9.17) is 5.73 Å². The molecule has 0 fully saturated rings. The van der Waals surface area contributed by atoms with Crippen molar-refractivity contribution < 1.29 is 0 Å². The zero-order chi connectivity index (χ0) is 12.4. The summed E-state index contributed by atoms with van der Waals surface area (Å²) in [6, 6.07) is 10.5. The predicted octanol–water partition coefficient (Wildman–Crippen LogP) is 2.59. The number of anilines is 1. The number of aromatic amines is 1. The lowest BCUT2D eigenvalue weighted by molar-refractivity contribution is 0.743. The van der Waals surface area contributed by atoms with Crippen LogP contribution in [0.25, 0.3) is 5.57 Å². The summed E-state index contributed by atoms with van der Waals surface area (Å²) in [5, 5.41) is 6.66. The predicted molar refractivity (Wildman–Crippen MR) is 73.3 cm³/mol. The van der Waals surface area contributed by atoms with Gasteiger partial charge in [0.1, 0.15) is 5.82 Å². The molecule has 90 valence electrons. The molecule has 0 radical (unpaired) electrons. The van der Waals surface area contributed by atoms with Crippen molar-refractivity contribution in [3.63, 3.8) is 0 Å². The maximum Gasteiger partial charge on any atom is 0.126 e. The van der Waals surface area contributed by atoms with Crippen LogP contribution in [0, 0.1) is 0 Å². The molecule has 0 bridgehead atoms. The second-order valence-corrected chi connectivity index (χ2v) is 4.30. The SMILES string of the molecule is Nc1[nH]ncc1C1=CCC(c2ccccc2)N=C1. The standard InChI is InChI=1S/C14H14N4/c15-14-12(9-17-18-14)11-6-7-13(16-8-11)10-4-2-1-3-5-10/h1-6,8-9,13H,7H2,(H3,15,17,18). The quantitative estimate of drug-likeness (QED) is 0.844. The number of aliphatic imine (C=N–C) groups is 1. The van der Waals surface area contributed by atoms with E-state index >= 15 is 0 Å². The van der Waals surface area contributed by atoms with Crippen LogP contribution in [0.15, 0.2) is 47.6 Å². The Bertz CT molecular complexity index is 595. The molecule has 1 aromatic heterocycles. The summed E-state index contributed by atoms with van der Waals surface area (Å²) in [6.07, 6.45) is 6.66. The van der Waals surface area contributed by atoms with Crippen LogP contribution in [-0.4, -0.2) is 16.4 Å². The highest BCUT2D eigenvalue weighted by atomic mass is 15.1.